The molecule has 1 aromatic rings. The number of hydrogen-bond donors (Lipinski definition) is 2. The second-order valence-corrected chi connectivity index (χ2v) is 4.83. The Balaban J connectivity index is 2.51. The molecule has 4 nitrogen and oxygen atoms in total. The van der Waals surface area contributed by atoms with Gasteiger partial charge in [0.25, 0.3) is 0 Å². The minimum absolute atomic E-state index is 0.205. The average molecular weight is 331 g/mol. The van der Waals surface area contributed by atoms with E-state index in [2.05, 4.69) is 21.2 Å². The molecule has 1 aromatic carbocycles. The second-order valence-electron chi connectivity index (χ2n) is 3.54. The van der Waals surface area contributed by atoms with Crippen molar-refractivity contribution < 1.29 is 9.53 Å². The lowest BCUT2D eigenvalue weighted by Crippen LogP contribution is -2.12. The number of hydrogen-bond acceptors (Lipinski definition) is 4. The quantitative estimate of drug-likeness (QED) is 0.619. The molecule has 0 atom stereocenters. The molecule has 98 valence electrons. The van der Waals surface area contributed by atoms with Crippen LogP contribution in [0.4, 0.5) is 5.69 Å². The summed E-state index contributed by atoms with van der Waals surface area (Å²) in [4.78, 5) is 11.5. The fourth-order valence-corrected chi connectivity index (χ4v) is 2.27. The van der Waals surface area contributed by atoms with Gasteiger partial charge in [0.1, 0.15) is 4.99 Å². The second kappa shape index (κ2) is 7.33. The highest BCUT2D eigenvalue weighted by Gasteiger charge is 2.05. The topological polar surface area (TPSA) is 64.3 Å². The Labute approximate surface area is 120 Å². The van der Waals surface area contributed by atoms with Crippen LogP contribution >= 0.6 is 28.1 Å². The van der Waals surface area contributed by atoms with Crippen molar-refractivity contribution in [2.75, 3.05) is 18.5 Å². The van der Waals surface area contributed by atoms with E-state index in [-0.39, 0.29) is 5.97 Å². The van der Waals surface area contributed by atoms with E-state index >= 15 is 0 Å². The van der Waals surface area contributed by atoms with Crippen molar-refractivity contribution in [3.63, 3.8) is 0 Å². The number of nitrogens with one attached hydrogen (secondary N) is 1. The van der Waals surface area contributed by atoms with Crippen LogP contribution < -0.4 is 11.1 Å². The maximum atomic E-state index is 11.1. The normalized spacial score (nSPS) is 9.89. The summed E-state index contributed by atoms with van der Waals surface area (Å²) in [5.74, 6) is -0.205. The highest BCUT2D eigenvalue weighted by molar-refractivity contribution is 9.10. The molecule has 0 unspecified atom stereocenters. The Hall–Kier alpha value is -1.14. The van der Waals surface area contributed by atoms with E-state index in [9.17, 15) is 4.79 Å². The van der Waals surface area contributed by atoms with Crippen molar-refractivity contribution in [1.82, 2.24) is 0 Å². The van der Waals surface area contributed by atoms with Crippen molar-refractivity contribution in [2.24, 2.45) is 5.73 Å². The van der Waals surface area contributed by atoms with E-state index in [0.29, 0.717) is 24.6 Å². The number of carbonyl (C=O) groups is 1. The van der Waals surface area contributed by atoms with Gasteiger partial charge in [0, 0.05) is 22.3 Å². The third-order valence-electron chi connectivity index (χ3n) is 2.20. The van der Waals surface area contributed by atoms with Crippen LogP contribution in [0.1, 0.15) is 18.9 Å². The molecule has 1 rings (SSSR count). The molecule has 0 bridgehead atoms. The van der Waals surface area contributed by atoms with Crippen LogP contribution in [0.5, 0.6) is 0 Å². The molecule has 3 N–H and O–H groups in total. The Morgan fingerprint density at radius 2 is 2.28 bits per heavy atom. The summed E-state index contributed by atoms with van der Waals surface area (Å²) >= 11 is 8.30. The number of benzene rings is 1. The molecule has 18 heavy (non-hydrogen) atoms. The van der Waals surface area contributed by atoms with Crippen LogP contribution in [0.15, 0.2) is 22.7 Å². The van der Waals surface area contributed by atoms with E-state index in [1.165, 1.54) is 0 Å². The minimum Gasteiger partial charge on any atom is -0.466 e. The molecule has 0 aliphatic carbocycles. The summed E-state index contributed by atoms with van der Waals surface area (Å²) < 4.78 is 5.66. The maximum absolute atomic E-state index is 11.1. The SMILES string of the molecule is CCOC(=O)CCNc1ccc(C(N)=S)c(Br)c1. The van der Waals surface area contributed by atoms with Crippen LogP contribution in [0.25, 0.3) is 0 Å². The van der Waals surface area contributed by atoms with Crippen molar-refractivity contribution in [3.05, 3.63) is 28.2 Å². The predicted molar refractivity (Wildman–Crippen MR) is 79.8 cm³/mol. The van der Waals surface area contributed by atoms with Crippen LogP contribution in [-0.4, -0.2) is 24.1 Å². The lowest BCUT2D eigenvalue weighted by atomic mass is 10.2. The highest BCUT2D eigenvalue weighted by atomic mass is 79.9. The van der Waals surface area contributed by atoms with Gasteiger partial charge in [-0.05, 0) is 41.1 Å². The lowest BCUT2D eigenvalue weighted by molar-refractivity contribution is -0.142. The van der Waals surface area contributed by atoms with Gasteiger partial charge in [-0.2, -0.15) is 0 Å². The summed E-state index contributed by atoms with van der Waals surface area (Å²) in [6.45, 7) is 2.72. The predicted octanol–water partition coefficient (Wildman–Crippen LogP) is 2.45. The Morgan fingerprint density at radius 3 is 2.83 bits per heavy atom. The molecular formula is C12H15BrN2O2S. The fourth-order valence-electron chi connectivity index (χ4n) is 1.37. The lowest BCUT2D eigenvalue weighted by Gasteiger charge is -2.08. The van der Waals surface area contributed by atoms with Gasteiger partial charge in [-0.3, -0.25) is 4.79 Å². The van der Waals surface area contributed by atoms with Gasteiger partial charge in [0.05, 0.1) is 13.0 Å². The Kier molecular flexibility index (Phi) is 6.07. The largest absolute Gasteiger partial charge is 0.466 e. The van der Waals surface area contributed by atoms with Crippen LogP contribution in [0.3, 0.4) is 0 Å². The first-order valence-corrected chi connectivity index (χ1v) is 6.73. The molecule has 0 aliphatic rings. The first-order chi connectivity index (χ1) is 8.54. The number of carbonyl (C=O) groups excluding carboxylic acids is 1. The first-order valence-electron chi connectivity index (χ1n) is 5.53. The molecule has 0 amide bonds. The van der Waals surface area contributed by atoms with Crippen LogP contribution in [0, 0.1) is 0 Å². The maximum Gasteiger partial charge on any atom is 0.307 e. The number of halogens is 1. The van der Waals surface area contributed by atoms with Gasteiger partial charge < -0.3 is 15.8 Å². The number of thiocarbonyl (C=S) groups is 1. The molecule has 0 aromatic heterocycles. The van der Waals surface area contributed by atoms with Crippen molar-refractivity contribution in [1.29, 1.82) is 0 Å². The average Bonchev–Trinajstić information content (AvgIpc) is 2.29. The molecule has 0 saturated carbocycles. The zero-order valence-corrected chi connectivity index (χ0v) is 12.4. The Morgan fingerprint density at radius 1 is 1.56 bits per heavy atom. The van der Waals surface area contributed by atoms with Gasteiger partial charge >= 0.3 is 5.97 Å². The number of nitrogens with two attached hydrogens (primary N) is 1. The standard InChI is InChI=1S/C12H15BrN2O2S/c1-2-17-11(16)5-6-15-8-3-4-9(12(14)18)10(13)7-8/h3-4,7,15H,2,5-6H2,1H3,(H2,14,18). The van der Waals surface area contributed by atoms with Gasteiger partial charge in [-0.1, -0.05) is 12.2 Å². The molecule has 0 saturated heterocycles. The summed E-state index contributed by atoms with van der Waals surface area (Å²) in [5.41, 5.74) is 7.24. The molecule has 6 heteroatoms. The third-order valence-corrected chi connectivity index (χ3v) is 3.07. The molecule has 0 spiro atoms. The monoisotopic (exact) mass is 330 g/mol. The van der Waals surface area contributed by atoms with E-state index in [1.54, 1.807) is 6.92 Å². The smallest absolute Gasteiger partial charge is 0.307 e. The first kappa shape index (κ1) is 14.9. The summed E-state index contributed by atoms with van der Waals surface area (Å²) in [6.07, 6.45) is 0.336. The molecular weight excluding hydrogens is 316 g/mol. The molecule has 0 radical (unpaired) electrons. The van der Waals surface area contributed by atoms with E-state index in [4.69, 9.17) is 22.7 Å². The number of rotatable bonds is 6. The molecule has 0 fully saturated rings. The number of ether oxygens (including phenoxy) is 1. The van der Waals surface area contributed by atoms with Crippen molar-refractivity contribution in [2.45, 2.75) is 13.3 Å². The van der Waals surface area contributed by atoms with Gasteiger partial charge in [-0.25, -0.2) is 0 Å². The fraction of sp³-hybridized carbons (Fsp3) is 0.333. The van der Waals surface area contributed by atoms with E-state index < -0.39 is 0 Å². The number of anilines is 1. The highest BCUT2D eigenvalue weighted by Crippen LogP contribution is 2.21. The van der Waals surface area contributed by atoms with E-state index in [1.807, 2.05) is 18.2 Å². The summed E-state index contributed by atoms with van der Waals surface area (Å²) in [6, 6.07) is 5.57. The number of esters is 1. The molecule has 0 heterocycles. The van der Waals surface area contributed by atoms with Gasteiger partial charge in [0.15, 0.2) is 0 Å². The zero-order chi connectivity index (χ0) is 13.5. The minimum atomic E-state index is -0.205. The van der Waals surface area contributed by atoms with Crippen LogP contribution in [-0.2, 0) is 9.53 Å². The molecule has 0 aliphatic heterocycles. The zero-order valence-electron chi connectivity index (χ0n) is 10.0. The summed E-state index contributed by atoms with van der Waals surface area (Å²) in [7, 11) is 0. The summed E-state index contributed by atoms with van der Waals surface area (Å²) in [5, 5.41) is 3.13. The Bertz CT molecular complexity index is 452. The van der Waals surface area contributed by atoms with Crippen molar-refractivity contribution >= 4 is 44.8 Å². The third kappa shape index (κ3) is 4.62. The van der Waals surface area contributed by atoms with Crippen LogP contribution in [0.2, 0.25) is 0 Å². The van der Waals surface area contributed by atoms with Crippen molar-refractivity contribution in [3.8, 4) is 0 Å². The van der Waals surface area contributed by atoms with Gasteiger partial charge in [-0.15, -0.1) is 0 Å². The van der Waals surface area contributed by atoms with Gasteiger partial charge in [0.2, 0.25) is 0 Å². The van der Waals surface area contributed by atoms with E-state index in [0.717, 1.165) is 15.7 Å².